The molecule has 1 heterocycles. The molecule has 0 fully saturated rings. The van der Waals surface area contributed by atoms with E-state index in [1.54, 1.807) is 18.2 Å². The zero-order chi connectivity index (χ0) is 14.5. The minimum absolute atomic E-state index is 0.0329. The molecule has 0 aliphatic heterocycles. The largest absolute Gasteiger partial charge is 0.394 e. The number of halogens is 2. The molecule has 4 nitrogen and oxygen atoms in total. The fourth-order valence-corrected chi connectivity index (χ4v) is 1.83. The standard InChI is InChI=1S/C14H11ClFN3O/c15-12-4-1-9(5-13(12)16)14(8-20)19-11-3-2-10(6-17)18-7-11/h1-5,7,14,19-20H,8H2. The number of pyridine rings is 1. The minimum atomic E-state index is -0.539. The van der Waals surface area contributed by atoms with Gasteiger partial charge in [0.25, 0.3) is 0 Å². The summed E-state index contributed by atoms with van der Waals surface area (Å²) in [6.45, 7) is -0.221. The average Bonchev–Trinajstić information content (AvgIpc) is 2.48. The molecule has 0 saturated heterocycles. The Balaban J connectivity index is 2.19. The van der Waals surface area contributed by atoms with Crippen LogP contribution < -0.4 is 5.32 Å². The second-order valence-electron chi connectivity index (χ2n) is 4.10. The molecule has 0 saturated carbocycles. The topological polar surface area (TPSA) is 68.9 Å². The number of hydrogen-bond acceptors (Lipinski definition) is 4. The monoisotopic (exact) mass is 291 g/mol. The summed E-state index contributed by atoms with van der Waals surface area (Å²) in [6.07, 6.45) is 1.48. The van der Waals surface area contributed by atoms with Gasteiger partial charge in [0.1, 0.15) is 17.6 Å². The maximum atomic E-state index is 13.4. The fraction of sp³-hybridized carbons (Fsp3) is 0.143. The van der Waals surface area contributed by atoms with Crippen LogP contribution in [0.15, 0.2) is 36.5 Å². The molecular weight excluding hydrogens is 281 g/mol. The van der Waals surface area contributed by atoms with Crippen molar-refractivity contribution >= 4 is 17.3 Å². The molecule has 6 heteroatoms. The van der Waals surface area contributed by atoms with Crippen molar-refractivity contribution in [2.45, 2.75) is 6.04 Å². The summed E-state index contributed by atoms with van der Waals surface area (Å²) in [5.41, 5.74) is 1.49. The number of aliphatic hydroxyl groups is 1. The smallest absolute Gasteiger partial charge is 0.142 e. The van der Waals surface area contributed by atoms with E-state index in [0.717, 1.165) is 0 Å². The lowest BCUT2D eigenvalue weighted by molar-refractivity contribution is 0.276. The van der Waals surface area contributed by atoms with Crippen molar-refractivity contribution in [3.05, 3.63) is 58.6 Å². The van der Waals surface area contributed by atoms with Gasteiger partial charge in [-0.2, -0.15) is 5.26 Å². The van der Waals surface area contributed by atoms with E-state index >= 15 is 0 Å². The van der Waals surface area contributed by atoms with Gasteiger partial charge in [-0.1, -0.05) is 17.7 Å². The van der Waals surface area contributed by atoms with Crippen LogP contribution in [0.1, 0.15) is 17.3 Å². The SMILES string of the molecule is N#Cc1ccc(NC(CO)c2ccc(Cl)c(F)c2)cn1. The van der Waals surface area contributed by atoms with E-state index in [9.17, 15) is 9.50 Å². The average molecular weight is 292 g/mol. The van der Waals surface area contributed by atoms with E-state index in [1.807, 2.05) is 6.07 Å². The summed E-state index contributed by atoms with van der Waals surface area (Å²) in [5.74, 6) is -0.539. The molecule has 0 spiro atoms. The van der Waals surface area contributed by atoms with E-state index in [1.165, 1.54) is 18.3 Å². The van der Waals surface area contributed by atoms with Gasteiger partial charge in [0.15, 0.2) is 0 Å². The lowest BCUT2D eigenvalue weighted by Gasteiger charge is -2.18. The van der Waals surface area contributed by atoms with Gasteiger partial charge in [-0.05, 0) is 29.8 Å². The van der Waals surface area contributed by atoms with E-state index in [4.69, 9.17) is 16.9 Å². The first-order valence-electron chi connectivity index (χ1n) is 5.82. The zero-order valence-electron chi connectivity index (χ0n) is 10.3. The Morgan fingerprint density at radius 3 is 2.75 bits per heavy atom. The number of aromatic nitrogens is 1. The van der Waals surface area contributed by atoms with E-state index in [-0.39, 0.29) is 11.6 Å². The van der Waals surface area contributed by atoms with Gasteiger partial charge in [0.05, 0.1) is 29.6 Å². The third kappa shape index (κ3) is 3.23. The summed E-state index contributed by atoms with van der Waals surface area (Å²) >= 11 is 5.62. The van der Waals surface area contributed by atoms with E-state index in [0.29, 0.717) is 16.9 Å². The predicted molar refractivity (Wildman–Crippen MR) is 73.8 cm³/mol. The molecule has 1 atom stereocenters. The second-order valence-corrected chi connectivity index (χ2v) is 4.50. The van der Waals surface area contributed by atoms with Crippen LogP contribution in [-0.4, -0.2) is 16.7 Å². The number of aliphatic hydroxyl groups excluding tert-OH is 1. The van der Waals surface area contributed by atoms with Crippen LogP contribution in [-0.2, 0) is 0 Å². The van der Waals surface area contributed by atoms with Crippen LogP contribution in [0.4, 0.5) is 10.1 Å². The van der Waals surface area contributed by atoms with Gasteiger partial charge in [0, 0.05) is 0 Å². The van der Waals surface area contributed by atoms with Crippen molar-refractivity contribution in [1.82, 2.24) is 4.98 Å². The van der Waals surface area contributed by atoms with Gasteiger partial charge >= 0.3 is 0 Å². The lowest BCUT2D eigenvalue weighted by atomic mass is 10.1. The summed E-state index contributed by atoms with van der Waals surface area (Å²) in [4.78, 5) is 3.91. The van der Waals surface area contributed by atoms with E-state index in [2.05, 4.69) is 10.3 Å². The van der Waals surface area contributed by atoms with Gasteiger partial charge in [-0.3, -0.25) is 0 Å². The summed E-state index contributed by atoms with van der Waals surface area (Å²) in [5, 5.41) is 21.1. The first kappa shape index (κ1) is 14.3. The number of nitriles is 1. The second kappa shape index (κ2) is 6.33. The molecule has 2 aromatic rings. The first-order valence-corrected chi connectivity index (χ1v) is 6.20. The molecule has 102 valence electrons. The lowest BCUT2D eigenvalue weighted by Crippen LogP contribution is -2.15. The summed E-state index contributed by atoms with van der Waals surface area (Å²) in [6, 6.07) is 8.99. The van der Waals surface area contributed by atoms with Gasteiger partial charge < -0.3 is 10.4 Å². The Labute approximate surface area is 120 Å². The molecular formula is C14H11ClFN3O. The van der Waals surface area contributed by atoms with Crippen molar-refractivity contribution in [2.75, 3.05) is 11.9 Å². The molecule has 2 rings (SSSR count). The number of hydrogen-bond donors (Lipinski definition) is 2. The maximum Gasteiger partial charge on any atom is 0.142 e. The first-order chi connectivity index (χ1) is 9.63. The van der Waals surface area contributed by atoms with Gasteiger partial charge in [-0.25, -0.2) is 9.37 Å². The molecule has 20 heavy (non-hydrogen) atoms. The van der Waals surface area contributed by atoms with Crippen molar-refractivity contribution in [3.8, 4) is 6.07 Å². The summed E-state index contributed by atoms with van der Waals surface area (Å²) < 4.78 is 13.4. The molecule has 0 bridgehead atoms. The Hall–Kier alpha value is -2.16. The number of benzene rings is 1. The van der Waals surface area contributed by atoms with Crippen LogP contribution in [0.25, 0.3) is 0 Å². The highest BCUT2D eigenvalue weighted by Gasteiger charge is 2.12. The highest BCUT2D eigenvalue weighted by molar-refractivity contribution is 6.30. The molecule has 2 N–H and O–H groups in total. The van der Waals surface area contributed by atoms with Crippen molar-refractivity contribution < 1.29 is 9.50 Å². The van der Waals surface area contributed by atoms with Crippen LogP contribution in [0.3, 0.4) is 0 Å². The Bertz CT molecular complexity index is 640. The van der Waals surface area contributed by atoms with E-state index < -0.39 is 11.9 Å². The Morgan fingerprint density at radius 2 is 2.20 bits per heavy atom. The molecule has 0 aliphatic rings. The van der Waals surface area contributed by atoms with Crippen LogP contribution >= 0.6 is 11.6 Å². The number of rotatable bonds is 4. The third-order valence-corrected chi connectivity index (χ3v) is 3.05. The highest BCUT2D eigenvalue weighted by Crippen LogP contribution is 2.23. The molecule has 1 unspecified atom stereocenters. The zero-order valence-corrected chi connectivity index (χ0v) is 11.1. The molecule has 0 radical (unpaired) electrons. The van der Waals surface area contributed by atoms with Gasteiger partial charge in [0.2, 0.25) is 0 Å². The third-order valence-electron chi connectivity index (χ3n) is 2.75. The normalized spacial score (nSPS) is 11.7. The molecule has 1 aromatic heterocycles. The predicted octanol–water partition coefficient (Wildman–Crippen LogP) is 2.89. The number of nitrogens with one attached hydrogen (secondary N) is 1. The minimum Gasteiger partial charge on any atom is -0.394 e. The number of anilines is 1. The Kier molecular flexibility index (Phi) is 4.51. The number of nitrogens with zero attached hydrogens (tertiary/aromatic N) is 2. The molecule has 0 aliphatic carbocycles. The van der Waals surface area contributed by atoms with Crippen LogP contribution in [0.2, 0.25) is 5.02 Å². The van der Waals surface area contributed by atoms with Crippen molar-refractivity contribution in [2.24, 2.45) is 0 Å². The van der Waals surface area contributed by atoms with Crippen molar-refractivity contribution in [3.63, 3.8) is 0 Å². The summed E-state index contributed by atoms with van der Waals surface area (Å²) in [7, 11) is 0. The van der Waals surface area contributed by atoms with Crippen LogP contribution in [0.5, 0.6) is 0 Å². The van der Waals surface area contributed by atoms with Crippen molar-refractivity contribution in [1.29, 1.82) is 5.26 Å². The maximum absolute atomic E-state index is 13.4. The molecule has 0 amide bonds. The Morgan fingerprint density at radius 1 is 1.40 bits per heavy atom. The quantitative estimate of drug-likeness (QED) is 0.909. The van der Waals surface area contributed by atoms with Gasteiger partial charge in [-0.15, -0.1) is 0 Å². The molecule has 1 aromatic carbocycles. The highest BCUT2D eigenvalue weighted by atomic mass is 35.5. The van der Waals surface area contributed by atoms with Crippen LogP contribution in [0, 0.1) is 17.1 Å². The fourth-order valence-electron chi connectivity index (χ4n) is 1.71.